The summed E-state index contributed by atoms with van der Waals surface area (Å²) in [6, 6.07) is 7.83. The van der Waals surface area contributed by atoms with Crippen LogP contribution in [0.5, 0.6) is 0 Å². The van der Waals surface area contributed by atoms with Crippen LogP contribution in [-0.2, 0) is 0 Å². The first-order valence-corrected chi connectivity index (χ1v) is 7.50. The highest BCUT2D eigenvalue weighted by molar-refractivity contribution is 7.99. The van der Waals surface area contributed by atoms with E-state index in [-0.39, 0.29) is 5.91 Å². The van der Waals surface area contributed by atoms with Crippen molar-refractivity contribution in [2.75, 3.05) is 25.4 Å². The van der Waals surface area contributed by atoms with E-state index >= 15 is 0 Å². The highest BCUT2D eigenvalue weighted by Gasteiger charge is 2.15. The minimum atomic E-state index is 0.0370. The number of hydrogen-bond acceptors (Lipinski definition) is 3. The number of hydrogen-bond donors (Lipinski definition) is 2. The predicted octanol–water partition coefficient (Wildman–Crippen LogP) is 2.14. The molecule has 1 aliphatic rings. The van der Waals surface area contributed by atoms with Gasteiger partial charge in [0.05, 0.1) is 0 Å². The van der Waals surface area contributed by atoms with Crippen LogP contribution >= 0.6 is 11.8 Å². The minimum absolute atomic E-state index is 0.0370. The van der Waals surface area contributed by atoms with Crippen LogP contribution in [0.4, 0.5) is 0 Å². The van der Waals surface area contributed by atoms with Gasteiger partial charge >= 0.3 is 0 Å². The molecule has 2 rings (SSSR count). The van der Waals surface area contributed by atoms with Gasteiger partial charge in [0.1, 0.15) is 0 Å². The summed E-state index contributed by atoms with van der Waals surface area (Å²) >= 11 is 1.79. The van der Waals surface area contributed by atoms with Crippen molar-refractivity contribution in [1.82, 2.24) is 10.6 Å². The van der Waals surface area contributed by atoms with Crippen molar-refractivity contribution in [3.63, 3.8) is 0 Å². The molecule has 3 nitrogen and oxygen atoms in total. The van der Waals surface area contributed by atoms with Gasteiger partial charge in [-0.25, -0.2) is 0 Å². The molecule has 98 valence electrons. The predicted molar refractivity (Wildman–Crippen MR) is 76.1 cm³/mol. The summed E-state index contributed by atoms with van der Waals surface area (Å²) in [4.78, 5) is 13.1. The van der Waals surface area contributed by atoms with Gasteiger partial charge in [-0.2, -0.15) is 0 Å². The second kappa shape index (κ2) is 6.81. The van der Waals surface area contributed by atoms with Crippen LogP contribution in [0.1, 0.15) is 23.7 Å². The molecule has 1 amide bonds. The maximum atomic E-state index is 11.9. The van der Waals surface area contributed by atoms with Crippen LogP contribution in [0, 0.1) is 5.92 Å². The molecule has 1 aromatic rings. The number of nitrogens with one attached hydrogen (secondary N) is 2. The van der Waals surface area contributed by atoms with Crippen molar-refractivity contribution >= 4 is 17.7 Å². The highest BCUT2D eigenvalue weighted by atomic mass is 32.2. The zero-order valence-corrected chi connectivity index (χ0v) is 11.6. The minimum Gasteiger partial charge on any atom is -0.352 e. The second-order valence-corrected chi connectivity index (χ2v) is 5.86. The number of amides is 1. The van der Waals surface area contributed by atoms with Gasteiger partial charge in [0, 0.05) is 17.0 Å². The van der Waals surface area contributed by atoms with Gasteiger partial charge in [0.15, 0.2) is 0 Å². The summed E-state index contributed by atoms with van der Waals surface area (Å²) < 4.78 is 0. The lowest BCUT2D eigenvalue weighted by Gasteiger charge is -2.10. The SMILES string of the molecule is CCSc1ccc(C(=O)NCC2CCNC2)cc1. The number of carbonyl (C=O) groups excluding carboxylic acids is 1. The molecule has 1 unspecified atom stereocenters. The molecular formula is C14H20N2OS. The van der Waals surface area contributed by atoms with E-state index in [1.807, 2.05) is 24.3 Å². The normalized spacial score (nSPS) is 18.8. The van der Waals surface area contributed by atoms with E-state index in [1.54, 1.807) is 11.8 Å². The van der Waals surface area contributed by atoms with Crippen molar-refractivity contribution in [1.29, 1.82) is 0 Å². The lowest BCUT2D eigenvalue weighted by molar-refractivity contribution is 0.0948. The zero-order valence-electron chi connectivity index (χ0n) is 10.7. The Labute approximate surface area is 113 Å². The van der Waals surface area contributed by atoms with Crippen LogP contribution in [-0.4, -0.2) is 31.3 Å². The molecule has 2 N–H and O–H groups in total. The van der Waals surface area contributed by atoms with Crippen LogP contribution in [0.15, 0.2) is 29.2 Å². The largest absolute Gasteiger partial charge is 0.352 e. The highest BCUT2D eigenvalue weighted by Crippen LogP contribution is 2.17. The third-order valence-electron chi connectivity index (χ3n) is 3.14. The lowest BCUT2D eigenvalue weighted by atomic mass is 10.1. The molecule has 1 atom stereocenters. The summed E-state index contributed by atoms with van der Waals surface area (Å²) in [7, 11) is 0. The third-order valence-corrected chi connectivity index (χ3v) is 4.04. The second-order valence-electron chi connectivity index (χ2n) is 4.53. The van der Waals surface area contributed by atoms with Gasteiger partial charge in [0.25, 0.3) is 5.91 Å². The summed E-state index contributed by atoms with van der Waals surface area (Å²) in [5.74, 6) is 1.68. The van der Waals surface area contributed by atoms with E-state index in [9.17, 15) is 4.79 Å². The fourth-order valence-corrected chi connectivity index (χ4v) is 2.76. The maximum Gasteiger partial charge on any atom is 0.251 e. The van der Waals surface area contributed by atoms with Crippen LogP contribution in [0.2, 0.25) is 0 Å². The lowest BCUT2D eigenvalue weighted by Crippen LogP contribution is -2.30. The summed E-state index contributed by atoms with van der Waals surface area (Å²) in [6.07, 6.45) is 1.16. The maximum absolute atomic E-state index is 11.9. The van der Waals surface area contributed by atoms with Gasteiger partial charge < -0.3 is 10.6 Å². The Hall–Kier alpha value is -1.00. The van der Waals surface area contributed by atoms with E-state index in [2.05, 4.69) is 17.6 Å². The van der Waals surface area contributed by atoms with Gasteiger partial charge in [0.2, 0.25) is 0 Å². The smallest absolute Gasteiger partial charge is 0.251 e. The zero-order chi connectivity index (χ0) is 12.8. The van der Waals surface area contributed by atoms with E-state index in [0.717, 1.165) is 37.4 Å². The van der Waals surface area contributed by atoms with Crippen molar-refractivity contribution in [3.05, 3.63) is 29.8 Å². The number of rotatable bonds is 5. The van der Waals surface area contributed by atoms with E-state index in [1.165, 1.54) is 4.90 Å². The summed E-state index contributed by atoms with van der Waals surface area (Å²) in [5, 5.41) is 6.31. The summed E-state index contributed by atoms with van der Waals surface area (Å²) in [5.41, 5.74) is 0.751. The number of benzene rings is 1. The molecule has 1 fully saturated rings. The third kappa shape index (κ3) is 3.75. The Kier molecular flexibility index (Phi) is 5.08. The molecule has 4 heteroatoms. The first-order chi connectivity index (χ1) is 8.79. The van der Waals surface area contributed by atoms with E-state index in [4.69, 9.17) is 0 Å². The fraction of sp³-hybridized carbons (Fsp3) is 0.500. The average molecular weight is 264 g/mol. The van der Waals surface area contributed by atoms with Crippen molar-refractivity contribution in [2.24, 2.45) is 5.92 Å². The quantitative estimate of drug-likeness (QED) is 0.801. The molecule has 1 aliphatic heterocycles. The van der Waals surface area contributed by atoms with Gasteiger partial charge in [-0.15, -0.1) is 11.8 Å². The molecular weight excluding hydrogens is 244 g/mol. The fourth-order valence-electron chi connectivity index (χ4n) is 2.10. The van der Waals surface area contributed by atoms with E-state index < -0.39 is 0 Å². The molecule has 0 spiro atoms. The number of carbonyl (C=O) groups is 1. The van der Waals surface area contributed by atoms with Crippen molar-refractivity contribution < 1.29 is 4.79 Å². The van der Waals surface area contributed by atoms with Gasteiger partial charge in [-0.05, 0) is 55.4 Å². The van der Waals surface area contributed by atoms with Crippen molar-refractivity contribution in [2.45, 2.75) is 18.2 Å². The topological polar surface area (TPSA) is 41.1 Å². The Morgan fingerprint density at radius 3 is 2.83 bits per heavy atom. The van der Waals surface area contributed by atoms with Crippen LogP contribution in [0.25, 0.3) is 0 Å². The summed E-state index contributed by atoms with van der Waals surface area (Å²) in [6.45, 7) is 4.99. The van der Waals surface area contributed by atoms with Gasteiger partial charge in [-0.3, -0.25) is 4.79 Å². The Balaban J connectivity index is 1.83. The Morgan fingerprint density at radius 2 is 2.22 bits per heavy atom. The molecule has 1 aromatic carbocycles. The first kappa shape index (κ1) is 13.4. The number of thioether (sulfide) groups is 1. The van der Waals surface area contributed by atoms with E-state index in [0.29, 0.717) is 5.92 Å². The monoisotopic (exact) mass is 264 g/mol. The van der Waals surface area contributed by atoms with Crippen LogP contribution < -0.4 is 10.6 Å². The standard InChI is InChI=1S/C14H20N2OS/c1-2-18-13-5-3-12(4-6-13)14(17)16-10-11-7-8-15-9-11/h3-6,11,15H,2,7-10H2,1H3,(H,16,17). The molecule has 0 radical (unpaired) electrons. The molecule has 0 bridgehead atoms. The van der Waals surface area contributed by atoms with Crippen LogP contribution in [0.3, 0.4) is 0 Å². The molecule has 0 saturated carbocycles. The first-order valence-electron chi connectivity index (χ1n) is 6.51. The molecule has 1 saturated heterocycles. The Bertz CT molecular complexity index is 385. The molecule has 0 aromatic heterocycles. The van der Waals surface area contributed by atoms with Gasteiger partial charge in [-0.1, -0.05) is 6.92 Å². The molecule has 1 heterocycles. The molecule has 0 aliphatic carbocycles. The molecule has 18 heavy (non-hydrogen) atoms. The Morgan fingerprint density at radius 1 is 1.44 bits per heavy atom. The van der Waals surface area contributed by atoms with Crippen molar-refractivity contribution in [3.8, 4) is 0 Å². The average Bonchev–Trinajstić information content (AvgIpc) is 2.90.